The van der Waals surface area contributed by atoms with Gasteiger partial charge in [-0.2, -0.15) is 0 Å². The molecule has 0 unspecified atom stereocenters. The molecule has 0 radical (unpaired) electrons. The van der Waals surface area contributed by atoms with Crippen LogP contribution in [0.5, 0.6) is 5.75 Å². The van der Waals surface area contributed by atoms with Gasteiger partial charge >= 0.3 is 5.97 Å². The van der Waals surface area contributed by atoms with Crippen LogP contribution in [0.1, 0.15) is 20.7 Å². The zero-order valence-electron chi connectivity index (χ0n) is 12.7. The summed E-state index contributed by atoms with van der Waals surface area (Å²) >= 11 is 0. The quantitative estimate of drug-likeness (QED) is 0.657. The van der Waals surface area contributed by atoms with E-state index in [0.29, 0.717) is 29.2 Å². The van der Waals surface area contributed by atoms with Crippen molar-refractivity contribution in [3.8, 4) is 5.75 Å². The number of carbonyl (C=O) groups excluding carboxylic acids is 2. The molecule has 0 aliphatic heterocycles. The molecule has 1 amide bonds. The van der Waals surface area contributed by atoms with Crippen LogP contribution in [0.4, 0.5) is 5.69 Å². The molecule has 0 aromatic heterocycles. The molecule has 0 fully saturated rings. The van der Waals surface area contributed by atoms with E-state index in [2.05, 4.69) is 16.6 Å². The number of carbonyl (C=O) groups is 2. The summed E-state index contributed by atoms with van der Waals surface area (Å²) in [6.45, 7) is 3.98. The van der Waals surface area contributed by atoms with Crippen LogP contribution in [0.3, 0.4) is 0 Å². The van der Waals surface area contributed by atoms with E-state index >= 15 is 0 Å². The maximum Gasteiger partial charge on any atom is 0.337 e. The monoisotopic (exact) mass is 311 g/mol. The SMILES string of the molecule is C=CCOc1ccc(C(=O)Nc2cccc(C(=O)OC)c2)cc1. The molecule has 23 heavy (non-hydrogen) atoms. The van der Waals surface area contributed by atoms with Crippen molar-refractivity contribution in [3.63, 3.8) is 0 Å². The molecule has 2 aromatic carbocycles. The largest absolute Gasteiger partial charge is 0.490 e. The van der Waals surface area contributed by atoms with Crippen LogP contribution >= 0.6 is 0 Å². The number of esters is 1. The van der Waals surface area contributed by atoms with Crippen LogP contribution in [0.15, 0.2) is 61.2 Å². The van der Waals surface area contributed by atoms with Crippen LogP contribution in [0.25, 0.3) is 0 Å². The van der Waals surface area contributed by atoms with Crippen molar-refractivity contribution in [3.05, 3.63) is 72.3 Å². The van der Waals surface area contributed by atoms with E-state index in [1.54, 1.807) is 54.6 Å². The lowest BCUT2D eigenvalue weighted by molar-refractivity contribution is 0.0600. The zero-order valence-corrected chi connectivity index (χ0v) is 12.7. The van der Waals surface area contributed by atoms with Gasteiger partial charge in [-0.3, -0.25) is 4.79 Å². The van der Waals surface area contributed by atoms with Crippen LogP contribution in [-0.4, -0.2) is 25.6 Å². The van der Waals surface area contributed by atoms with Crippen LogP contribution in [0.2, 0.25) is 0 Å². The van der Waals surface area contributed by atoms with Gasteiger partial charge in [0.15, 0.2) is 0 Å². The predicted molar refractivity (Wildman–Crippen MR) is 87.9 cm³/mol. The van der Waals surface area contributed by atoms with Gasteiger partial charge in [0, 0.05) is 11.3 Å². The van der Waals surface area contributed by atoms with Gasteiger partial charge in [0.2, 0.25) is 0 Å². The Balaban J connectivity index is 2.06. The summed E-state index contributed by atoms with van der Waals surface area (Å²) in [6.07, 6.45) is 1.65. The van der Waals surface area contributed by atoms with Crippen molar-refractivity contribution in [2.75, 3.05) is 19.0 Å². The van der Waals surface area contributed by atoms with E-state index in [4.69, 9.17) is 4.74 Å². The van der Waals surface area contributed by atoms with Gasteiger partial charge in [-0.15, -0.1) is 0 Å². The number of methoxy groups -OCH3 is 1. The third kappa shape index (κ3) is 4.44. The topological polar surface area (TPSA) is 64.6 Å². The molecule has 1 N–H and O–H groups in total. The second kappa shape index (κ2) is 7.79. The summed E-state index contributed by atoms with van der Waals surface area (Å²) in [7, 11) is 1.31. The molecule has 0 heterocycles. The number of benzene rings is 2. The van der Waals surface area contributed by atoms with E-state index in [1.807, 2.05) is 0 Å². The van der Waals surface area contributed by atoms with Crippen molar-refractivity contribution in [1.82, 2.24) is 0 Å². The smallest absolute Gasteiger partial charge is 0.337 e. The average Bonchev–Trinajstić information content (AvgIpc) is 2.59. The Morgan fingerprint density at radius 1 is 1.13 bits per heavy atom. The Hall–Kier alpha value is -3.08. The Kier molecular flexibility index (Phi) is 5.52. The minimum absolute atomic E-state index is 0.276. The molecule has 5 nitrogen and oxygen atoms in total. The van der Waals surface area contributed by atoms with Crippen LogP contribution in [-0.2, 0) is 4.74 Å². The maximum atomic E-state index is 12.2. The molecule has 2 rings (SSSR count). The molecule has 0 aliphatic carbocycles. The molecular weight excluding hydrogens is 294 g/mol. The van der Waals surface area contributed by atoms with Crippen molar-refractivity contribution < 1.29 is 19.1 Å². The summed E-state index contributed by atoms with van der Waals surface area (Å²) in [6, 6.07) is 13.3. The second-order valence-electron chi connectivity index (χ2n) is 4.65. The van der Waals surface area contributed by atoms with E-state index in [0.717, 1.165) is 0 Å². The molecule has 0 spiro atoms. The molecule has 5 heteroatoms. The van der Waals surface area contributed by atoms with Gasteiger partial charge < -0.3 is 14.8 Å². The Bertz CT molecular complexity index is 707. The molecule has 118 valence electrons. The number of anilines is 1. The molecule has 0 saturated heterocycles. The first-order valence-corrected chi connectivity index (χ1v) is 6.97. The van der Waals surface area contributed by atoms with E-state index in [9.17, 15) is 9.59 Å². The lowest BCUT2D eigenvalue weighted by Crippen LogP contribution is -2.12. The van der Waals surface area contributed by atoms with Crippen molar-refractivity contribution in [1.29, 1.82) is 0 Å². The summed E-state index contributed by atoms with van der Waals surface area (Å²) in [5.74, 6) is -0.0683. The first kappa shape index (κ1) is 16.3. The molecule has 0 atom stereocenters. The standard InChI is InChI=1S/C18H17NO4/c1-3-11-23-16-9-7-13(8-10-16)17(20)19-15-6-4-5-14(12-15)18(21)22-2/h3-10,12H,1,11H2,2H3,(H,19,20). The fourth-order valence-corrected chi connectivity index (χ4v) is 1.90. The van der Waals surface area contributed by atoms with Gasteiger partial charge in [-0.05, 0) is 42.5 Å². The van der Waals surface area contributed by atoms with Crippen molar-refractivity contribution >= 4 is 17.6 Å². The minimum Gasteiger partial charge on any atom is -0.490 e. The second-order valence-corrected chi connectivity index (χ2v) is 4.65. The first-order chi connectivity index (χ1) is 11.1. The lowest BCUT2D eigenvalue weighted by Gasteiger charge is -2.08. The average molecular weight is 311 g/mol. The minimum atomic E-state index is -0.454. The van der Waals surface area contributed by atoms with Crippen molar-refractivity contribution in [2.45, 2.75) is 0 Å². The predicted octanol–water partition coefficient (Wildman–Crippen LogP) is 3.29. The van der Waals surface area contributed by atoms with Gasteiger partial charge in [-0.1, -0.05) is 18.7 Å². The van der Waals surface area contributed by atoms with Crippen LogP contribution in [0, 0.1) is 0 Å². The Morgan fingerprint density at radius 2 is 1.87 bits per heavy atom. The lowest BCUT2D eigenvalue weighted by atomic mass is 10.1. The normalized spacial score (nSPS) is 9.78. The number of amides is 1. The number of rotatable bonds is 6. The Morgan fingerprint density at radius 3 is 2.52 bits per heavy atom. The number of hydrogen-bond acceptors (Lipinski definition) is 4. The van der Waals surface area contributed by atoms with E-state index < -0.39 is 5.97 Å². The molecular formula is C18H17NO4. The Labute approximate surface area is 134 Å². The number of hydrogen-bond donors (Lipinski definition) is 1. The fourth-order valence-electron chi connectivity index (χ4n) is 1.90. The molecule has 0 aliphatic rings. The molecule has 0 bridgehead atoms. The molecule has 0 saturated carbocycles. The number of nitrogens with one attached hydrogen (secondary N) is 1. The maximum absolute atomic E-state index is 12.2. The molecule has 2 aromatic rings. The van der Waals surface area contributed by atoms with Gasteiger partial charge in [0.25, 0.3) is 5.91 Å². The third-order valence-electron chi connectivity index (χ3n) is 3.03. The highest BCUT2D eigenvalue weighted by molar-refractivity contribution is 6.04. The third-order valence-corrected chi connectivity index (χ3v) is 3.03. The van der Waals surface area contributed by atoms with Crippen LogP contribution < -0.4 is 10.1 Å². The first-order valence-electron chi connectivity index (χ1n) is 6.97. The summed E-state index contributed by atoms with van der Waals surface area (Å²) < 4.78 is 10.0. The number of ether oxygens (including phenoxy) is 2. The highest BCUT2D eigenvalue weighted by Gasteiger charge is 2.09. The summed E-state index contributed by atoms with van der Waals surface area (Å²) in [4.78, 5) is 23.7. The van der Waals surface area contributed by atoms with Gasteiger partial charge in [0.05, 0.1) is 12.7 Å². The van der Waals surface area contributed by atoms with E-state index in [-0.39, 0.29) is 5.91 Å². The van der Waals surface area contributed by atoms with Crippen molar-refractivity contribution in [2.24, 2.45) is 0 Å². The summed E-state index contributed by atoms with van der Waals surface area (Å²) in [5.41, 5.74) is 1.38. The van der Waals surface area contributed by atoms with Gasteiger partial charge in [0.1, 0.15) is 12.4 Å². The zero-order chi connectivity index (χ0) is 16.7. The highest BCUT2D eigenvalue weighted by Crippen LogP contribution is 2.16. The van der Waals surface area contributed by atoms with Gasteiger partial charge in [-0.25, -0.2) is 4.79 Å². The fraction of sp³-hybridized carbons (Fsp3) is 0.111. The summed E-state index contributed by atoms with van der Waals surface area (Å²) in [5, 5.41) is 2.74. The highest BCUT2D eigenvalue weighted by atomic mass is 16.5. The van der Waals surface area contributed by atoms with E-state index in [1.165, 1.54) is 7.11 Å².